The molecule has 0 fully saturated rings. The number of aromatic amines is 1. The molecule has 0 unspecified atom stereocenters. The molecule has 1 heterocycles. The van der Waals surface area contributed by atoms with Gasteiger partial charge in [0.15, 0.2) is 0 Å². The van der Waals surface area contributed by atoms with Gasteiger partial charge >= 0.3 is 0 Å². The Morgan fingerprint density at radius 2 is 2.13 bits per heavy atom. The number of hydrogen-bond donors (Lipinski definition) is 2. The fraction of sp³-hybridized carbons (Fsp3) is 0.455. The van der Waals surface area contributed by atoms with Crippen molar-refractivity contribution < 1.29 is 4.79 Å². The summed E-state index contributed by atoms with van der Waals surface area (Å²) in [5.41, 5.74) is 0.0474. The van der Waals surface area contributed by atoms with Gasteiger partial charge in [-0.1, -0.05) is 13.8 Å². The predicted molar refractivity (Wildman–Crippen MR) is 59.8 cm³/mol. The van der Waals surface area contributed by atoms with Crippen LogP contribution in [0.15, 0.2) is 23.1 Å². The summed E-state index contributed by atoms with van der Waals surface area (Å²) >= 11 is 0. The van der Waals surface area contributed by atoms with E-state index in [4.69, 9.17) is 0 Å². The number of amides is 1. The van der Waals surface area contributed by atoms with Crippen LogP contribution in [0.3, 0.4) is 0 Å². The maximum Gasteiger partial charge on any atom is 0.271 e. The SMILES string of the molecule is CCC(CC)C(=O)Nc1ccc[nH]c1=O. The molecule has 0 saturated carbocycles. The van der Waals surface area contributed by atoms with Crippen LogP contribution in [-0.4, -0.2) is 10.9 Å². The number of nitrogens with one attached hydrogen (secondary N) is 2. The van der Waals surface area contributed by atoms with E-state index in [2.05, 4.69) is 10.3 Å². The molecule has 1 aromatic rings. The molecule has 1 amide bonds. The Morgan fingerprint density at radius 3 is 2.67 bits per heavy atom. The van der Waals surface area contributed by atoms with Crippen LogP contribution in [0.1, 0.15) is 26.7 Å². The van der Waals surface area contributed by atoms with Crippen molar-refractivity contribution in [2.24, 2.45) is 5.92 Å². The van der Waals surface area contributed by atoms with E-state index < -0.39 is 0 Å². The lowest BCUT2D eigenvalue weighted by Gasteiger charge is -2.11. The van der Waals surface area contributed by atoms with Gasteiger partial charge in [-0.15, -0.1) is 0 Å². The maximum atomic E-state index is 11.7. The summed E-state index contributed by atoms with van der Waals surface area (Å²) in [6, 6.07) is 3.28. The molecule has 4 heteroatoms. The van der Waals surface area contributed by atoms with Gasteiger partial charge in [-0.05, 0) is 25.0 Å². The highest BCUT2D eigenvalue weighted by Gasteiger charge is 2.14. The molecule has 15 heavy (non-hydrogen) atoms. The van der Waals surface area contributed by atoms with E-state index in [0.717, 1.165) is 12.8 Å². The summed E-state index contributed by atoms with van der Waals surface area (Å²) in [5.74, 6) is -0.110. The second-order valence-electron chi connectivity index (χ2n) is 3.42. The second kappa shape index (κ2) is 5.34. The minimum Gasteiger partial charge on any atom is -0.327 e. The highest BCUT2D eigenvalue weighted by atomic mass is 16.2. The highest BCUT2D eigenvalue weighted by molar-refractivity contribution is 5.92. The summed E-state index contributed by atoms with van der Waals surface area (Å²) in [6.45, 7) is 3.92. The zero-order valence-corrected chi connectivity index (χ0v) is 9.04. The van der Waals surface area contributed by atoms with Crippen molar-refractivity contribution in [3.8, 4) is 0 Å². The van der Waals surface area contributed by atoms with Crippen LogP contribution < -0.4 is 10.9 Å². The smallest absolute Gasteiger partial charge is 0.271 e. The average Bonchev–Trinajstić information content (AvgIpc) is 2.23. The van der Waals surface area contributed by atoms with Crippen LogP contribution in [0.4, 0.5) is 5.69 Å². The minimum absolute atomic E-state index is 0.0235. The van der Waals surface area contributed by atoms with Crippen LogP contribution in [0, 0.1) is 5.92 Å². The maximum absolute atomic E-state index is 11.7. The third-order valence-electron chi connectivity index (χ3n) is 2.43. The second-order valence-corrected chi connectivity index (χ2v) is 3.42. The summed E-state index contributed by atoms with van der Waals surface area (Å²) in [7, 11) is 0. The van der Waals surface area contributed by atoms with E-state index >= 15 is 0 Å². The van der Waals surface area contributed by atoms with Crippen LogP contribution >= 0.6 is 0 Å². The molecule has 82 valence electrons. The molecule has 1 rings (SSSR count). The Kier molecular flexibility index (Phi) is 4.09. The first-order chi connectivity index (χ1) is 7.19. The largest absolute Gasteiger partial charge is 0.327 e. The van der Waals surface area contributed by atoms with Crippen molar-refractivity contribution in [3.05, 3.63) is 28.7 Å². The van der Waals surface area contributed by atoms with Gasteiger partial charge in [0.1, 0.15) is 5.69 Å². The molecule has 0 saturated heterocycles. The normalized spacial score (nSPS) is 10.3. The molecule has 4 nitrogen and oxygen atoms in total. The van der Waals surface area contributed by atoms with E-state index in [-0.39, 0.29) is 17.4 Å². The topological polar surface area (TPSA) is 62.0 Å². The van der Waals surface area contributed by atoms with E-state index in [1.807, 2.05) is 13.8 Å². The van der Waals surface area contributed by atoms with Crippen molar-refractivity contribution in [3.63, 3.8) is 0 Å². The van der Waals surface area contributed by atoms with Crippen LogP contribution in [0.2, 0.25) is 0 Å². The van der Waals surface area contributed by atoms with Crippen molar-refractivity contribution in [2.45, 2.75) is 26.7 Å². The molecule has 0 radical (unpaired) electrons. The molecule has 0 spiro atoms. The number of pyridine rings is 1. The Balaban J connectivity index is 2.74. The van der Waals surface area contributed by atoms with Gasteiger partial charge in [-0.2, -0.15) is 0 Å². The fourth-order valence-corrected chi connectivity index (χ4v) is 1.41. The lowest BCUT2D eigenvalue weighted by molar-refractivity contribution is -0.120. The third kappa shape index (κ3) is 2.94. The quantitative estimate of drug-likeness (QED) is 0.791. The van der Waals surface area contributed by atoms with Crippen molar-refractivity contribution in [1.82, 2.24) is 4.98 Å². The predicted octanol–water partition coefficient (Wildman–Crippen LogP) is 1.75. The molecule has 0 atom stereocenters. The summed E-state index contributed by atoms with van der Waals surface area (Å²) in [4.78, 5) is 25.5. The van der Waals surface area contributed by atoms with Crippen LogP contribution in [0.5, 0.6) is 0 Å². The standard InChI is InChI=1S/C11H16N2O2/c1-3-8(4-2)10(14)13-9-6-5-7-12-11(9)15/h5-8H,3-4H2,1-2H3,(H,12,15)(H,13,14). The lowest BCUT2D eigenvalue weighted by Crippen LogP contribution is -2.25. The van der Waals surface area contributed by atoms with E-state index in [9.17, 15) is 9.59 Å². The lowest BCUT2D eigenvalue weighted by atomic mass is 10.0. The Hall–Kier alpha value is -1.58. The molecule has 0 aromatic carbocycles. The van der Waals surface area contributed by atoms with Crippen molar-refractivity contribution in [2.75, 3.05) is 5.32 Å². The first-order valence-corrected chi connectivity index (χ1v) is 5.17. The zero-order chi connectivity index (χ0) is 11.3. The monoisotopic (exact) mass is 208 g/mol. The molecule has 0 bridgehead atoms. The molecular weight excluding hydrogens is 192 g/mol. The van der Waals surface area contributed by atoms with Crippen LogP contribution in [0.25, 0.3) is 0 Å². The first kappa shape index (κ1) is 11.5. The molecule has 0 aliphatic heterocycles. The van der Waals surface area contributed by atoms with E-state index in [0.29, 0.717) is 5.69 Å². The highest BCUT2D eigenvalue weighted by Crippen LogP contribution is 2.10. The van der Waals surface area contributed by atoms with E-state index in [1.165, 1.54) is 6.20 Å². The Bertz CT molecular complexity index is 380. The minimum atomic E-state index is -0.267. The number of rotatable bonds is 4. The van der Waals surface area contributed by atoms with Gasteiger partial charge in [-0.25, -0.2) is 0 Å². The van der Waals surface area contributed by atoms with Gasteiger partial charge in [0.2, 0.25) is 5.91 Å². The summed E-state index contributed by atoms with van der Waals surface area (Å²) in [6.07, 6.45) is 3.11. The Morgan fingerprint density at radius 1 is 1.47 bits per heavy atom. The number of aromatic nitrogens is 1. The molecule has 0 aliphatic rings. The summed E-state index contributed by atoms with van der Waals surface area (Å²) in [5, 5.41) is 2.63. The fourth-order valence-electron chi connectivity index (χ4n) is 1.41. The molecule has 1 aromatic heterocycles. The molecule has 0 aliphatic carbocycles. The number of anilines is 1. The number of carbonyl (C=O) groups is 1. The molecular formula is C11H16N2O2. The number of H-pyrrole nitrogens is 1. The van der Waals surface area contributed by atoms with Gasteiger partial charge < -0.3 is 10.3 Å². The van der Waals surface area contributed by atoms with Gasteiger partial charge in [0, 0.05) is 12.1 Å². The van der Waals surface area contributed by atoms with Gasteiger partial charge in [0.05, 0.1) is 0 Å². The number of carbonyl (C=O) groups excluding carboxylic acids is 1. The molecule has 2 N–H and O–H groups in total. The van der Waals surface area contributed by atoms with Gasteiger partial charge in [0.25, 0.3) is 5.56 Å². The summed E-state index contributed by atoms with van der Waals surface area (Å²) < 4.78 is 0. The third-order valence-corrected chi connectivity index (χ3v) is 2.43. The average molecular weight is 208 g/mol. The van der Waals surface area contributed by atoms with E-state index in [1.54, 1.807) is 12.1 Å². The van der Waals surface area contributed by atoms with Crippen molar-refractivity contribution >= 4 is 11.6 Å². The number of hydrogen-bond acceptors (Lipinski definition) is 2. The van der Waals surface area contributed by atoms with Gasteiger partial charge in [-0.3, -0.25) is 9.59 Å². The zero-order valence-electron chi connectivity index (χ0n) is 9.04. The Labute approximate surface area is 88.7 Å². The van der Waals surface area contributed by atoms with Crippen LogP contribution in [-0.2, 0) is 4.79 Å². The first-order valence-electron chi connectivity index (χ1n) is 5.17. The van der Waals surface area contributed by atoms with Crippen molar-refractivity contribution in [1.29, 1.82) is 0 Å².